The molecule has 1 rings (SSSR count). The van der Waals surface area contributed by atoms with Gasteiger partial charge in [-0.15, -0.1) is 0 Å². The van der Waals surface area contributed by atoms with Gasteiger partial charge in [-0.05, 0) is 26.4 Å². The largest absolute Gasteiger partial charge is 0.461 e. The predicted octanol–water partition coefficient (Wildman–Crippen LogP) is 0.913. The van der Waals surface area contributed by atoms with Crippen molar-refractivity contribution in [1.29, 1.82) is 0 Å². The highest BCUT2D eigenvalue weighted by Gasteiger charge is 2.44. The number of carbonyl (C=O) groups excluding carboxylic acids is 1. The fourth-order valence-corrected chi connectivity index (χ4v) is 1.46. The van der Waals surface area contributed by atoms with Crippen LogP contribution in [0.5, 0.6) is 0 Å². The minimum Gasteiger partial charge on any atom is -0.461 e. The number of rotatable bonds is 5. The molecule has 1 saturated carbocycles. The predicted molar refractivity (Wildman–Crippen MR) is 51.3 cm³/mol. The second-order valence-corrected chi connectivity index (χ2v) is 3.78. The van der Waals surface area contributed by atoms with Crippen LogP contribution in [0.2, 0.25) is 0 Å². The van der Waals surface area contributed by atoms with Crippen molar-refractivity contribution < 1.29 is 9.53 Å². The van der Waals surface area contributed by atoms with Gasteiger partial charge in [-0.3, -0.25) is 4.79 Å². The molecule has 74 valence electrons. The lowest BCUT2D eigenvalue weighted by atomic mass is 10.3. The molecule has 0 aliphatic heterocycles. The van der Waals surface area contributed by atoms with Crippen LogP contribution in [0.3, 0.4) is 0 Å². The van der Waals surface area contributed by atoms with Crippen molar-refractivity contribution >= 4 is 5.97 Å². The fourth-order valence-electron chi connectivity index (χ4n) is 1.46. The molecule has 0 spiro atoms. The molecule has 2 atom stereocenters. The molecule has 1 aliphatic rings. The minimum atomic E-state index is -0.0632. The summed E-state index contributed by atoms with van der Waals surface area (Å²) in [5, 5.41) is 0. The fraction of sp³-hybridized carbons (Fsp3) is 0.700. The van der Waals surface area contributed by atoms with Crippen molar-refractivity contribution in [2.45, 2.75) is 6.42 Å². The van der Waals surface area contributed by atoms with E-state index in [-0.39, 0.29) is 11.9 Å². The molecule has 0 aromatic carbocycles. The third-order valence-corrected chi connectivity index (χ3v) is 2.17. The summed E-state index contributed by atoms with van der Waals surface area (Å²) in [4.78, 5) is 13.4. The SMILES string of the molecule is C=CCOC(=O)C1CC1CN(C)C. The van der Waals surface area contributed by atoms with Crippen LogP contribution in [0, 0.1) is 11.8 Å². The van der Waals surface area contributed by atoms with Crippen LogP contribution >= 0.6 is 0 Å². The maximum Gasteiger partial charge on any atom is 0.309 e. The quantitative estimate of drug-likeness (QED) is 0.469. The van der Waals surface area contributed by atoms with Crippen LogP contribution in [0.15, 0.2) is 12.7 Å². The van der Waals surface area contributed by atoms with Gasteiger partial charge in [0.05, 0.1) is 5.92 Å². The maximum absolute atomic E-state index is 11.3. The van der Waals surface area contributed by atoms with Gasteiger partial charge < -0.3 is 9.64 Å². The molecular weight excluding hydrogens is 166 g/mol. The number of carbonyl (C=O) groups is 1. The summed E-state index contributed by atoms with van der Waals surface area (Å²) in [5.74, 6) is 0.585. The van der Waals surface area contributed by atoms with Gasteiger partial charge in [-0.25, -0.2) is 0 Å². The Balaban J connectivity index is 2.18. The summed E-state index contributed by atoms with van der Waals surface area (Å²) in [6.45, 7) is 4.81. The molecule has 0 amide bonds. The number of hydrogen-bond donors (Lipinski definition) is 0. The smallest absolute Gasteiger partial charge is 0.309 e. The Bertz CT molecular complexity index is 201. The Hall–Kier alpha value is -0.830. The Labute approximate surface area is 79.4 Å². The van der Waals surface area contributed by atoms with Gasteiger partial charge in [-0.2, -0.15) is 0 Å². The Morgan fingerprint density at radius 1 is 1.69 bits per heavy atom. The third kappa shape index (κ3) is 3.19. The summed E-state index contributed by atoms with van der Waals surface area (Å²) in [7, 11) is 4.04. The van der Waals surface area contributed by atoms with Crippen molar-refractivity contribution in [3.05, 3.63) is 12.7 Å². The van der Waals surface area contributed by atoms with Crippen molar-refractivity contribution in [3.63, 3.8) is 0 Å². The molecule has 0 aromatic rings. The molecule has 13 heavy (non-hydrogen) atoms. The maximum atomic E-state index is 11.3. The van der Waals surface area contributed by atoms with E-state index in [1.165, 1.54) is 0 Å². The first-order valence-corrected chi connectivity index (χ1v) is 4.57. The summed E-state index contributed by atoms with van der Waals surface area (Å²) < 4.78 is 4.95. The number of ether oxygens (including phenoxy) is 1. The minimum absolute atomic E-state index is 0.0632. The van der Waals surface area contributed by atoms with Gasteiger partial charge in [0.15, 0.2) is 0 Å². The summed E-state index contributed by atoms with van der Waals surface area (Å²) in [5.41, 5.74) is 0. The van der Waals surface area contributed by atoms with Gasteiger partial charge in [0.2, 0.25) is 0 Å². The lowest BCUT2D eigenvalue weighted by Gasteiger charge is -2.07. The molecule has 2 unspecified atom stereocenters. The first-order valence-electron chi connectivity index (χ1n) is 4.57. The van der Waals surface area contributed by atoms with E-state index >= 15 is 0 Å². The number of hydrogen-bond acceptors (Lipinski definition) is 3. The highest BCUT2D eigenvalue weighted by Crippen LogP contribution is 2.39. The molecule has 0 heterocycles. The third-order valence-electron chi connectivity index (χ3n) is 2.17. The molecule has 0 N–H and O–H groups in total. The molecule has 0 saturated heterocycles. The topological polar surface area (TPSA) is 29.5 Å². The van der Waals surface area contributed by atoms with E-state index in [0.717, 1.165) is 13.0 Å². The monoisotopic (exact) mass is 183 g/mol. The highest BCUT2D eigenvalue weighted by molar-refractivity contribution is 5.75. The van der Waals surface area contributed by atoms with Crippen molar-refractivity contribution in [2.75, 3.05) is 27.2 Å². The summed E-state index contributed by atoms with van der Waals surface area (Å²) in [6, 6.07) is 0. The van der Waals surface area contributed by atoms with Gasteiger partial charge in [0.25, 0.3) is 0 Å². The Morgan fingerprint density at radius 2 is 2.38 bits per heavy atom. The number of esters is 1. The molecule has 0 bridgehead atoms. The standard InChI is InChI=1S/C10H17NO2/c1-4-5-13-10(12)9-6-8(9)7-11(2)3/h4,8-9H,1,5-7H2,2-3H3. The van der Waals surface area contributed by atoms with E-state index in [4.69, 9.17) is 4.74 Å². The Kier molecular flexibility index (Phi) is 3.48. The van der Waals surface area contributed by atoms with E-state index in [9.17, 15) is 4.79 Å². The average Bonchev–Trinajstić information content (AvgIpc) is 2.78. The lowest BCUT2D eigenvalue weighted by Crippen LogP contribution is -2.17. The van der Waals surface area contributed by atoms with E-state index in [1.54, 1.807) is 6.08 Å². The molecule has 0 radical (unpaired) electrons. The molecule has 1 fully saturated rings. The summed E-state index contributed by atoms with van der Waals surface area (Å²) in [6.07, 6.45) is 2.58. The highest BCUT2D eigenvalue weighted by atomic mass is 16.5. The molecule has 1 aliphatic carbocycles. The van der Waals surface area contributed by atoms with Crippen LogP contribution in [0.4, 0.5) is 0 Å². The normalized spacial score (nSPS) is 25.8. The van der Waals surface area contributed by atoms with E-state index in [0.29, 0.717) is 12.5 Å². The van der Waals surface area contributed by atoms with Gasteiger partial charge >= 0.3 is 5.97 Å². The second-order valence-electron chi connectivity index (χ2n) is 3.78. The number of nitrogens with zero attached hydrogens (tertiary/aromatic N) is 1. The Morgan fingerprint density at radius 3 is 2.92 bits per heavy atom. The van der Waals surface area contributed by atoms with Gasteiger partial charge in [-0.1, -0.05) is 12.7 Å². The van der Waals surface area contributed by atoms with Crippen LogP contribution in [0.1, 0.15) is 6.42 Å². The van der Waals surface area contributed by atoms with Crippen molar-refractivity contribution in [3.8, 4) is 0 Å². The van der Waals surface area contributed by atoms with Crippen LogP contribution in [0.25, 0.3) is 0 Å². The van der Waals surface area contributed by atoms with Crippen LogP contribution in [-0.2, 0) is 9.53 Å². The summed E-state index contributed by atoms with van der Waals surface area (Å²) >= 11 is 0. The van der Waals surface area contributed by atoms with Gasteiger partial charge in [0.1, 0.15) is 6.61 Å². The first kappa shape index (κ1) is 10.3. The van der Waals surface area contributed by atoms with Crippen LogP contribution < -0.4 is 0 Å². The van der Waals surface area contributed by atoms with E-state index < -0.39 is 0 Å². The zero-order valence-corrected chi connectivity index (χ0v) is 8.32. The van der Waals surface area contributed by atoms with Crippen molar-refractivity contribution in [1.82, 2.24) is 4.90 Å². The first-order chi connectivity index (χ1) is 6.15. The molecular formula is C10H17NO2. The zero-order valence-electron chi connectivity index (χ0n) is 8.32. The van der Waals surface area contributed by atoms with Crippen LogP contribution in [-0.4, -0.2) is 38.1 Å². The zero-order chi connectivity index (χ0) is 9.84. The average molecular weight is 183 g/mol. The van der Waals surface area contributed by atoms with Crippen molar-refractivity contribution in [2.24, 2.45) is 11.8 Å². The second kappa shape index (κ2) is 4.42. The van der Waals surface area contributed by atoms with E-state index in [2.05, 4.69) is 11.5 Å². The lowest BCUT2D eigenvalue weighted by molar-refractivity contribution is -0.144. The molecule has 3 nitrogen and oxygen atoms in total. The van der Waals surface area contributed by atoms with E-state index in [1.807, 2.05) is 14.1 Å². The molecule has 0 aromatic heterocycles. The molecule has 3 heteroatoms. The van der Waals surface area contributed by atoms with Gasteiger partial charge in [0, 0.05) is 6.54 Å².